The summed E-state index contributed by atoms with van der Waals surface area (Å²) in [4.78, 5) is 28.7. The summed E-state index contributed by atoms with van der Waals surface area (Å²) in [5, 5.41) is 5.61. The molecule has 0 aliphatic heterocycles. The average molecular weight is 311 g/mol. The summed E-state index contributed by atoms with van der Waals surface area (Å²) in [5.74, 6) is -0.532. The van der Waals surface area contributed by atoms with Gasteiger partial charge in [0.25, 0.3) is 5.91 Å². The van der Waals surface area contributed by atoms with Crippen LogP contribution in [-0.2, 0) is 4.79 Å². The van der Waals surface area contributed by atoms with Crippen molar-refractivity contribution in [3.05, 3.63) is 59.9 Å². The average Bonchev–Trinajstić information content (AvgIpc) is 2.52. The maximum absolute atomic E-state index is 12.4. The molecule has 0 fully saturated rings. The largest absolute Gasteiger partial charge is 0.340 e. The van der Waals surface area contributed by atoms with Crippen LogP contribution in [0.25, 0.3) is 0 Å². The molecule has 0 radical (unpaired) electrons. The standard InChI is InChI=1S/C18H21N3O2/c1-12(2)16(18(23)20-15-7-9-19-10-8-15)21-17(22)14-6-4-5-13(3)11-14/h4-12,16H,1-3H3,(H,21,22)(H,19,20,23)/t16-/m0/s1. The van der Waals surface area contributed by atoms with Crippen LogP contribution in [0.5, 0.6) is 0 Å². The molecule has 0 aliphatic carbocycles. The monoisotopic (exact) mass is 311 g/mol. The van der Waals surface area contributed by atoms with Gasteiger partial charge >= 0.3 is 0 Å². The first-order valence-corrected chi connectivity index (χ1v) is 7.56. The van der Waals surface area contributed by atoms with E-state index in [1.54, 1.807) is 36.7 Å². The van der Waals surface area contributed by atoms with E-state index in [1.165, 1.54) is 0 Å². The van der Waals surface area contributed by atoms with Gasteiger partial charge in [-0.05, 0) is 37.1 Å². The number of nitrogens with one attached hydrogen (secondary N) is 2. The number of nitrogens with zero attached hydrogens (tertiary/aromatic N) is 1. The Balaban J connectivity index is 2.09. The van der Waals surface area contributed by atoms with Gasteiger partial charge in [-0.2, -0.15) is 0 Å². The lowest BCUT2D eigenvalue weighted by Gasteiger charge is -2.21. The first-order valence-electron chi connectivity index (χ1n) is 7.56. The van der Waals surface area contributed by atoms with Gasteiger partial charge in [0.1, 0.15) is 6.04 Å². The number of benzene rings is 1. The van der Waals surface area contributed by atoms with Crippen LogP contribution in [0, 0.1) is 12.8 Å². The summed E-state index contributed by atoms with van der Waals surface area (Å²) in [7, 11) is 0. The smallest absolute Gasteiger partial charge is 0.251 e. The first-order chi connectivity index (χ1) is 11.0. The number of pyridine rings is 1. The highest BCUT2D eigenvalue weighted by Crippen LogP contribution is 2.10. The van der Waals surface area contributed by atoms with E-state index in [-0.39, 0.29) is 17.7 Å². The van der Waals surface area contributed by atoms with E-state index in [0.717, 1.165) is 5.56 Å². The van der Waals surface area contributed by atoms with Crippen molar-refractivity contribution in [2.75, 3.05) is 5.32 Å². The van der Waals surface area contributed by atoms with Gasteiger partial charge in [0.05, 0.1) is 0 Å². The van der Waals surface area contributed by atoms with Gasteiger partial charge in [0.2, 0.25) is 5.91 Å². The summed E-state index contributed by atoms with van der Waals surface area (Å²) in [5.41, 5.74) is 2.20. The minimum absolute atomic E-state index is 0.0365. The lowest BCUT2D eigenvalue weighted by molar-refractivity contribution is -0.118. The Morgan fingerprint density at radius 2 is 1.78 bits per heavy atom. The predicted octanol–water partition coefficient (Wildman–Crippen LogP) is 2.78. The zero-order valence-electron chi connectivity index (χ0n) is 13.5. The van der Waals surface area contributed by atoms with Crippen LogP contribution >= 0.6 is 0 Å². The van der Waals surface area contributed by atoms with E-state index < -0.39 is 6.04 Å². The van der Waals surface area contributed by atoms with Crippen LogP contribution in [0.4, 0.5) is 5.69 Å². The maximum atomic E-state index is 12.4. The third-order valence-electron chi connectivity index (χ3n) is 3.46. The normalized spacial score (nSPS) is 11.8. The number of anilines is 1. The second kappa shape index (κ2) is 7.54. The van der Waals surface area contributed by atoms with Gasteiger partial charge in [-0.3, -0.25) is 14.6 Å². The molecule has 0 spiro atoms. The van der Waals surface area contributed by atoms with E-state index in [1.807, 2.05) is 32.9 Å². The fraction of sp³-hybridized carbons (Fsp3) is 0.278. The van der Waals surface area contributed by atoms with Gasteiger partial charge in [-0.15, -0.1) is 0 Å². The van der Waals surface area contributed by atoms with Crippen LogP contribution in [0.3, 0.4) is 0 Å². The van der Waals surface area contributed by atoms with Crippen LogP contribution < -0.4 is 10.6 Å². The van der Waals surface area contributed by atoms with E-state index in [9.17, 15) is 9.59 Å². The number of hydrogen-bond acceptors (Lipinski definition) is 3. The number of hydrogen-bond donors (Lipinski definition) is 2. The van der Waals surface area contributed by atoms with E-state index in [4.69, 9.17) is 0 Å². The first kappa shape index (κ1) is 16.7. The molecule has 1 aromatic heterocycles. The van der Waals surface area contributed by atoms with Crippen LogP contribution in [-0.4, -0.2) is 22.8 Å². The quantitative estimate of drug-likeness (QED) is 0.892. The molecular weight excluding hydrogens is 290 g/mol. The molecule has 2 amide bonds. The lowest BCUT2D eigenvalue weighted by atomic mass is 10.0. The molecule has 1 heterocycles. The van der Waals surface area contributed by atoms with Crippen molar-refractivity contribution in [1.82, 2.24) is 10.3 Å². The highest BCUT2D eigenvalue weighted by molar-refractivity contribution is 6.01. The molecule has 23 heavy (non-hydrogen) atoms. The Bertz CT molecular complexity index is 684. The molecule has 0 saturated carbocycles. The molecular formula is C18H21N3O2. The highest BCUT2D eigenvalue weighted by atomic mass is 16.2. The number of aromatic nitrogens is 1. The highest BCUT2D eigenvalue weighted by Gasteiger charge is 2.24. The van der Waals surface area contributed by atoms with Crippen molar-refractivity contribution >= 4 is 17.5 Å². The topological polar surface area (TPSA) is 71.1 Å². The summed E-state index contributed by atoms with van der Waals surface area (Å²) in [6, 6.07) is 10.1. The zero-order valence-corrected chi connectivity index (χ0v) is 13.5. The van der Waals surface area contributed by atoms with Gasteiger partial charge in [0.15, 0.2) is 0 Å². The van der Waals surface area contributed by atoms with Crippen LogP contribution in [0.15, 0.2) is 48.8 Å². The molecule has 0 aliphatic rings. The van der Waals surface area contributed by atoms with Crippen LogP contribution in [0.2, 0.25) is 0 Å². The zero-order chi connectivity index (χ0) is 16.8. The molecule has 0 bridgehead atoms. The number of aryl methyl sites for hydroxylation is 1. The molecule has 5 nitrogen and oxygen atoms in total. The van der Waals surface area contributed by atoms with Crippen molar-refractivity contribution in [1.29, 1.82) is 0 Å². The molecule has 5 heteroatoms. The van der Waals surface area contributed by atoms with E-state index in [2.05, 4.69) is 15.6 Å². The van der Waals surface area contributed by atoms with Gasteiger partial charge in [0, 0.05) is 23.6 Å². The van der Waals surface area contributed by atoms with Gasteiger partial charge in [-0.1, -0.05) is 31.5 Å². The summed E-state index contributed by atoms with van der Waals surface area (Å²) in [6.45, 7) is 5.72. The van der Waals surface area contributed by atoms with Crippen molar-refractivity contribution in [2.45, 2.75) is 26.8 Å². The van der Waals surface area contributed by atoms with Gasteiger partial charge in [-0.25, -0.2) is 0 Å². The Hall–Kier alpha value is -2.69. The molecule has 1 atom stereocenters. The van der Waals surface area contributed by atoms with Crippen LogP contribution in [0.1, 0.15) is 29.8 Å². The second-order valence-corrected chi connectivity index (χ2v) is 5.79. The molecule has 120 valence electrons. The third kappa shape index (κ3) is 4.64. The molecule has 2 rings (SSSR count). The van der Waals surface area contributed by atoms with Crippen molar-refractivity contribution in [3.8, 4) is 0 Å². The minimum atomic E-state index is -0.615. The fourth-order valence-corrected chi connectivity index (χ4v) is 2.20. The maximum Gasteiger partial charge on any atom is 0.251 e. The molecule has 2 aromatic rings. The minimum Gasteiger partial charge on any atom is -0.340 e. The SMILES string of the molecule is Cc1cccc(C(=O)N[C@H](C(=O)Nc2ccncc2)C(C)C)c1. The summed E-state index contributed by atoms with van der Waals surface area (Å²) < 4.78 is 0. The number of carbonyl (C=O) groups is 2. The molecule has 0 unspecified atom stereocenters. The van der Waals surface area contributed by atoms with Crippen molar-refractivity contribution in [3.63, 3.8) is 0 Å². The van der Waals surface area contributed by atoms with E-state index in [0.29, 0.717) is 11.3 Å². The Kier molecular flexibility index (Phi) is 5.46. The Morgan fingerprint density at radius 3 is 2.39 bits per heavy atom. The van der Waals surface area contributed by atoms with Crippen molar-refractivity contribution in [2.24, 2.45) is 5.92 Å². The predicted molar refractivity (Wildman–Crippen MR) is 90.1 cm³/mol. The number of amides is 2. The van der Waals surface area contributed by atoms with Crippen molar-refractivity contribution < 1.29 is 9.59 Å². The Morgan fingerprint density at radius 1 is 1.09 bits per heavy atom. The third-order valence-corrected chi connectivity index (χ3v) is 3.46. The second-order valence-electron chi connectivity index (χ2n) is 5.79. The van der Waals surface area contributed by atoms with Gasteiger partial charge < -0.3 is 10.6 Å². The number of rotatable bonds is 5. The van der Waals surface area contributed by atoms with E-state index >= 15 is 0 Å². The Labute approximate surface area is 136 Å². The fourth-order valence-electron chi connectivity index (χ4n) is 2.20. The lowest BCUT2D eigenvalue weighted by Crippen LogP contribution is -2.47. The summed E-state index contributed by atoms with van der Waals surface area (Å²) in [6.07, 6.45) is 3.21. The molecule has 1 aromatic carbocycles. The molecule has 0 saturated heterocycles. The molecule has 2 N–H and O–H groups in total. The number of carbonyl (C=O) groups excluding carboxylic acids is 2. The summed E-state index contributed by atoms with van der Waals surface area (Å²) >= 11 is 0.